The number of thiazole rings is 1. The molecule has 1 saturated heterocycles. The summed E-state index contributed by atoms with van der Waals surface area (Å²) in [4.78, 5) is 34.9. The van der Waals surface area contributed by atoms with E-state index in [1.165, 1.54) is 10.4 Å². The van der Waals surface area contributed by atoms with Gasteiger partial charge in [-0.15, -0.1) is 11.3 Å². The van der Waals surface area contributed by atoms with Crippen LogP contribution >= 0.6 is 11.3 Å². The summed E-state index contributed by atoms with van der Waals surface area (Å²) < 4.78 is 0. The second-order valence-corrected chi connectivity index (χ2v) is 9.50. The maximum atomic E-state index is 12.7. The van der Waals surface area contributed by atoms with Crippen LogP contribution in [0.15, 0.2) is 30.3 Å². The molecule has 29 heavy (non-hydrogen) atoms. The van der Waals surface area contributed by atoms with Crippen molar-refractivity contribution >= 4 is 28.3 Å². The van der Waals surface area contributed by atoms with E-state index in [1.807, 2.05) is 11.0 Å². The van der Waals surface area contributed by atoms with Crippen molar-refractivity contribution < 1.29 is 9.59 Å². The largest absolute Gasteiger partial charge is 0.342 e. The smallest absolute Gasteiger partial charge is 0.231 e. The molecule has 2 aliphatic heterocycles. The lowest BCUT2D eigenvalue weighted by molar-refractivity contribution is -0.128. The Kier molecular flexibility index (Phi) is 5.96. The minimum atomic E-state index is -0.281. The van der Waals surface area contributed by atoms with Gasteiger partial charge in [0, 0.05) is 50.4 Å². The van der Waals surface area contributed by atoms with Gasteiger partial charge < -0.3 is 10.2 Å². The zero-order chi connectivity index (χ0) is 20.4. The lowest BCUT2D eigenvalue weighted by Crippen LogP contribution is -2.31. The summed E-state index contributed by atoms with van der Waals surface area (Å²) in [5.74, 6) is 0.118. The van der Waals surface area contributed by atoms with Crippen LogP contribution in [0.3, 0.4) is 0 Å². The summed E-state index contributed by atoms with van der Waals surface area (Å²) in [7, 11) is 0. The van der Waals surface area contributed by atoms with Gasteiger partial charge >= 0.3 is 0 Å². The number of carbonyl (C=O) groups is 2. The molecule has 1 atom stereocenters. The van der Waals surface area contributed by atoms with Crippen molar-refractivity contribution in [2.24, 2.45) is 11.8 Å². The number of hydrogen-bond acceptors (Lipinski definition) is 5. The average Bonchev–Trinajstić information content (AvgIpc) is 3.25. The molecule has 1 unspecified atom stereocenters. The Morgan fingerprint density at radius 2 is 2.10 bits per heavy atom. The highest BCUT2D eigenvalue weighted by Gasteiger charge is 2.35. The lowest BCUT2D eigenvalue weighted by Gasteiger charge is -2.25. The zero-order valence-corrected chi connectivity index (χ0v) is 17.9. The molecule has 4 rings (SSSR count). The number of rotatable bonds is 6. The van der Waals surface area contributed by atoms with Crippen molar-refractivity contribution in [3.8, 4) is 0 Å². The highest BCUT2D eigenvalue weighted by atomic mass is 32.1. The number of benzene rings is 1. The fourth-order valence-electron chi connectivity index (χ4n) is 4.05. The van der Waals surface area contributed by atoms with Gasteiger partial charge in [-0.3, -0.25) is 14.5 Å². The van der Waals surface area contributed by atoms with Gasteiger partial charge in [0.2, 0.25) is 11.8 Å². The predicted octanol–water partition coefficient (Wildman–Crippen LogP) is 3.14. The van der Waals surface area contributed by atoms with Gasteiger partial charge in [-0.05, 0) is 11.5 Å². The molecule has 1 aromatic heterocycles. The van der Waals surface area contributed by atoms with Crippen LogP contribution in [-0.2, 0) is 29.1 Å². The van der Waals surface area contributed by atoms with E-state index >= 15 is 0 Å². The Balaban J connectivity index is 1.35. The molecule has 1 N–H and O–H groups in total. The number of anilines is 1. The van der Waals surface area contributed by atoms with Crippen molar-refractivity contribution in [3.05, 3.63) is 46.5 Å². The van der Waals surface area contributed by atoms with E-state index in [9.17, 15) is 9.59 Å². The molecule has 0 bridgehead atoms. The van der Waals surface area contributed by atoms with Crippen LogP contribution in [0.1, 0.15) is 36.4 Å². The molecule has 6 nitrogen and oxygen atoms in total. The van der Waals surface area contributed by atoms with E-state index in [0.717, 1.165) is 31.7 Å². The SMILES string of the molecule is CC(C)CN1CC(C(=O)Nc2nc3c(s2)CN(Cc2ccccc2)CC3)CC1=O. The Morgan fingerprint density at radius 3 is 2.86 bits per heavy atom. The van der Waals surface area contributed by atoms with Crippen LogP contribution in [0.2, 0.25) is 0 Å². The Labute approximate surface area is 175 Å². The molecule has 2 aliphatic rings. The van der Waals surface area contributed by atoms with Gasteiger partial charge in [0.25, 0.3) is 0 Å². The van der Waals surface area contributed by atoms with Crippen LogP contribution in [-0.4, -0.2) is 46.2 Å². The molecule has 2 amide bonds. The summed E-state index contributed by atoms with van der Waals surface area (Å²) in [6.07, 6.45) is 1.20. The van der Waals surface area contributed by atoms with Crippen LogP contribution in [0.5, 0.6) is 0 Å². The predicted molar refractivity (Wildman–Crippen MR) is 115 cm³/mol. The van der Waals surface area contributed by atoms with Crippen LogP contribution in [0.25, 0.3) is 0 Å². The minimum Gasteiger partial charge on any atom is -0.342 e. The van der Waals surface area contributed by atoms with E-state index in [0.29, 0.717) is 30.6 Å². The second-order valence-electron chi connectivity index (χ2n) is 8.42. The first-order valence-electron chi connectivity index (χ1n) is 10.3. The van der Waals surface area contributed by atoms with Crippen molar-refractivity contribution in [2.75, 3.05) is 25.0 Å². The molecule has 0 saturated carbocycles. The third-order valence-corrected chi connectivity index (χ3v) is 6.46. The number of fused-ring (bicyclic) bond motifs is 1. The monoisotopic (exact) mass is 412 g/mol. The summed E-state index contributed by atoms with van der Waals surface area (Å²) in [6, 6.07) is 10.5. The second kappa shape index (κ2) is 8.63. The molecule has 0 spiro atoms. The number of nitrogens with zero attached hydrogens (tertiary/aromatic N) is 3. The quantitative estimate of drug-likeness (QED) is 0.792. The van der Waals surface area contributed by atoms with E-state index in [1.54, 1.807) is 11.3 Å². The molecule has 2 aromatic rings. The maximum absolute atomic E-state index is 12.7. The van der Waals surface area contributed by atoms with E-state index in [2.05, 4.69) is 53.3 Å². The first-order chi connectivity index (χ1) is 14.0. The normalized spacial score (nSPS) is 19.6. The van der Waals surface area contributed by atoms with Crippen molar-refractivity contribution in [3.63, 3.8) is 0 Å². The fourth-order valence-corrected chi connectivity index (χ4v) is 5.10. The summed E-state index contributed by atoms with van der Waals surface area (Å²) >= 11 is 1.57. The number of likely N-dealkylation sites (tertiary alicyclic amines) is 1. The van der Waals surface area contributed by atoms with Gasteiger partial charge in [0.05, 0.1) is 11.6 Å². The van der Waals surface area contributed by atoms with Crippen LogP contribution in [0, 0.1) is 11.8 Å². The van der Waals surface area contributed by atoms with Gasteiger partial charge in [0.1, 0.15) is 0 Å². The van der Waals surface area contributed by atoms with Crippen LogP contribution < -0.4 is 5.32 Å². The molecular weight excluding hydrogens is 384 g/mol. The molecule has 7 heteroatoms. The molecule has 0 aliphatic carbocycles. The molecule has 1 aromatic carbocycles. The van der Waals surface area contributed by atoms with E-state index < -0.39 is 0 Å². The number of nitrogens with one attached hydrogen (secondary N) is 1. The lowest BCUT2D eigenvalue weighted by atomic mass is 10.1. The molecule has 154 valence electrons. The first kappa shape index (κ1) is 20.0. The summed E-state index contributed by atoms with van der Waals surface area (Å²) in [6.45, 7) is 8.16. The van der Waals surface area contributed by atoms with Crippen molar-refractivity contribution in [1.82, 2.24) is 14.8 Å². The summed E-state index contributed by atoms with van der Waals surface area (Å²) in [5, 5.41) is 3.63. The van der Waals surface area contributed by atoms with Crippen molar-refractivity contribution in [2.45, 2.75) is 39.8 Å². The van der Waals surface area contributed by atoms with E-state index in [-0.39, 0.29) is 17.7 Å². The Bertz CT molecular complexity index is 880. The Hall–Kier alpha value is -2.25. The van der Waals surface area contributed by atoms with Gasteiger partial charge in [-0.25, -0.2) is 4.98 Å². The van der Waals surface area contributed by atoms with Crippen LogP contribution in [0.4, 0.5) is 5.13 Å². The number of hydrogen-bond donors (Lipinski definition) is 1. The third kappa shape index (κ3) is 4.85. The van der Waals surface area contributed by atoms with Gasteiger partial charge in [-0.2, -0.15) is 0 Å². The third-order valence-electron chi connectivity index (χ3n) is 5.46. The number of carbonyl (C=O) groups excluding carboxylic acids is 2. The molecular formula is C22H28N4O2S. The highest BCUT2D eigenvalue weighted by Crippen LogP contribution is 2.30. The first-order valence-corrected chi connectivity index (χ1v) is 11.1. The van der Waals surface area contributed by atoms with Crippen molar-refractivity contribution in [1.29, 1.82) is 0 Å². The summed E-state index contributed by atoms with van der Waals surface area (Å²) in [5.41, 5.74) is 2.41. The van der Waals surface area contributed by atoms with Gasteiger partial charge in [-0.1, -0.05) is 44.2 Å². The number of aromatic nitrogens is 1. The number of amides is 2. The topological polar surface area (TPSA) is 65.5 Å². The molecule has 1 fully saturated rings. The minimum absolute atomic E-state index is 0.0776. The molecule has 3 heterocycles. The average molecular weight is 413 g/mol. The standard InChI is InChI=1S/C22H28N4O2S/c1-15(2)11-26-13-17(10-20(26)27)21(28)24-22-23-18-8-9-25(14-19(18)29-22)12-16-6-4-3-5-7-16/h3-7,15,17H,8-14H2,1-2H3,(H,23,24,28). The van der Waals surface area contributed by atoms with E-state index in [4.69, 9.17) is 0 Å². The maximum Gasteiger partial charge on any atom is 0.231 e. The van der Waals surface area contributed by atoms with Gasteiger partial charge in [0.15, 0.2) is 5.13 Å². The highest BCUT2D eigenvalue weighted by molar-refractivity contribution is 7.15. The zero-order valence-electron chi connectivity index (χ0n) is 17.1. The fraction of sp³-hybridized carbons (Fsp3) is 0.500. The Morgan fingerprint density at radius 1 is 1.31 bits per heavy atom. The molecule has 0 radical (unpaired) electrons.